The van der Waals surface area contributed by atoms with Crippen molar-refractivity contribution in [2.45, 2.75) is 39.7 Å². The Bertz CT molecular complexity index is 299. The Kier molecular flexibility index (Phi) is 5.05. The minimum Gasteiger partial charge on any atom is -0.382 e. The Hall–Kier alpha value is -0.610. The second-order valence-corrected chi connectivity index (χ2v) is 4.02. The van der Waals surface area contributed by atoms with E-state index in [1.54, 1.807) is 0 Å². The van der Waals surface area contributed by atoms with E-state index in [0.717, 1.165) is 32.0 Å². The van der Waals surface area contributed by atoms with Gasteiger partial charge < -0.3 is 9.30 Å². The van der Waals surface area contributed by atoms with Crippen LogP contribution in [0.1, 0.15) is 38.9 Å². The molecule has 0 unspecified atom stereocenters. The van der Waals surface area contributed by atoms with Gasteiger partial charge in [0.1, 0.15) is 5.82 Å². The number of hydrogen-bond donors (Lipinski definition) is 0. The van der Waals surface area contributed by atoms with E-state index in [2.05, 4.69) is 24.0 Å². The summed E-state index contributed by atoms with van der Waals surface area (Å²) in [4.78, 5) is 0. The lowest BCUT2D eigenvalue weighted by molar-refractivity contribution is 0.141. The molecule has 0 aliphatic heterocycles. The van der Waals surface area contributed by atoms with Gasteiger partial charge in [0.25, 0.3) is 0 Å². The molecule has 0 fully saturated rings. The summed E-state index contributed by atoms with van der Waals surface area (Å²) >= 11 is 5.95. The van der Waals surface area contributed by atoms with E-state index in [9.17, 15) is 0 Å². The molecule has 1 aromatic rings. The molecule has 5 heteroatoms. The van der Waals surface area contributed by atoms with E-state index >= 15 is 0 Å². The average Bonchev–Trinajstić information content (AvgIpc) is 2.55. The molecule has 0 N–H and O–H groups in total. The number of hydrogen-bond acceptors (Lipinski definition) is 3. The smallest absolute Gasteiger partial charge is 0.225 e. The summed E-state index contributed by atoms with van der Waals surface area (Å²) < 4.78 is 7.22. The number of aromatic nitrogens is 3. The molecule has 0 aliphatic carbocycles. The van der Waals surface area contributed by atoms with Gasteiger partial charge in [-0.25, -0.2) is 0 Å². The first-order valence-electron chi connectivity index (χ1n) is 5.33. The third kappa shape index (κ3) is 3.47. The summed E-state index contributed by atoms with van der Waals surface area (Å²) in [5, 5.41) is 8.40. The molecule has 1 aromatic heterocycles. The highest BCUT2D eigenvalue weighted by Crippen LogP contribution is 2.16. The SMILES string of the molecule is CCOCCCn1c(Cl)nnc1C(C)C. The lowest BCUT2D eigenvalue weighted by atomic mass is 10.2. The fourth-order valence-corrected chi connectivity index (χ4v) is 1.61. The molecular weight excluding hydrogens is 214 g/mol. The van der Waals surface area contributed by atoms with Crippen LogP contribution < -0.4 is 0 Å². The quantitative estimate of drug-likeness (QED) is 0.707. The number of ether oxygens (including phenoxy) is 1. The van der Waals surface area contributed by atoms with Crippen LogP contribution in [0.4, 0.5) is 0 Å². The molecule has 86 valence electrons. The summed E-state index contributed by atoms with van der Waals surface area (Å²) in [6.45, 7) is 8.49. The van der Waals surface area contributed by atoms with E-state index in [-0.39, 0.29) is 0 Å². The summed E-state index contributed by atoms with van der Waals surface area (Å²) in [7, 11) is 0. The fraction of sp³-hybridized carbons (Fsp3) is 0.800. The number of nitrogens with zero attached hydrogens (tertiary/aromatic N) is 3. The van der Waals surface area contributed by atoms with Crippen molar-refractivity contribution < 1.29 is 4.74 Å². The zero-order chi connectivity index (χ0) is 11.3. The molecule has 0 radical (unpaired) electrons. The van der Waals surface area contributed by atoms with Crippen LogP contribution in [0.3, 0.4) is 0 Å². The van der Waals surface area contributed by atoms with Crippen LogP contribution in [0.5, 0.6) is 0 Å². The molecule has 0 spiro atoms. The average molecular weight is 232 g/mol. The predicted octanol–water partition coefficient (Wildman–Crippen LogP) is 2.48. The highest BCUT2D eigenvalue weighted by molar-refractivity contribution is 6.28. The Labute approximate surface area is 95.6 Å². The maximum atomic E-state index is 5.95. The lowest BCUT2D eigenvalue weighted by Crippen LogP contribution is -2.08. The van der Waals surface area contributed by atoms with Gasteiger partial charge in [-0.1, -0.05) is 13.8 Å². The van der Waals surface area contributed by atoms with Gasteiger partial charge in [-0.3, -0.25) is 0 Å². The summed E-state index contributed by atoms with van der Waals surface area (Å²) in [6, 6.07) is 0. The summed E-state index contributed by atoms with van der Waals surface area (Å²) in [5.41, 5.74) is 0. The van der Waals surface area contributed by atoms with Crippen LogP contribution in [-0.2, 0) is 11.3 Å². The van der Waals surface area contributed by atoms with Gasteiger partial charge in [-0.2, -0.15) is 0 Å². The highest BCUT2D eigenvalue weighted by atomic mass is 35.5. The van der Waals surface area contributed by atoms with E-state index in [4.69, 9.17) is 16.3 Å². The first-order valence-corrected chi connectivity index (χ1v) is 5.71. The van der Waals surface area contributed by atoms with Crippen molar-refractivity contribution in [3.05, 3.63) is 11.1 Å². The van der Waals surface area contributed by atoms with Crippen molar-refractivity contribution in [2.24, 2.45) is 0 Å². The molecule has 0 aromatic carbocycles. The molecule has 0 saturated heterocycles. The van der Waals surface area contributed by atoms with Gasteiger partial charge in [-0.15, -0.1) is 10.2 Å². The van der Waals surface area contributed by atoms with Crippen LogP contribution in [0.25, 0.3) is 0 Å². The highest BCUT2D eigenvalue weighted by Gasteiger charge is 2.12. The van der Waals surface area contributed by atoms with Crippen molar-refractivity contribution >= 4 is 11.6 Å². The molecule has 0 aliphatic rings. The van der Waals surface area contributed by atoms with E-state index in [1.807, 2.05) is 11.5 Å². The van der Waals surface area contributed by atoms with Gasteiger partial charge in [0, 0.05) is 25.7 Å². The number of rotatable bonds is 6. The van der Waals surface area contributed by atoms with Crippen LogP contribution in [0, 0.1) is 0 Å². The molecular formula is C10H18ClN3O. The molecule has 0 saturated carbocycles. The Morgan fingerprint density at radius 1 is 1.40 bits per heavy atom. The van der Waals surface area contributed by atoms with Gasteiger partial charge >= 0.3 is 0 Å². The maximum absolute atomic E-state index is 5.95. The standard InChI is InChI=1S/C10H18ClN3O/c1-4-15-7-5-6-14-9(8(2)3)12-13-10(14)11/h8H,4-7H2,1-3H3. The van der Waals surface area contributed by atoms with E-state index in [1.165, 1.54) is 0 Å². The fourth-order valence-electron chi connectivity index (χ4n) is 1.40. The minimum absolute atomic E-state index is 0.345. The predicted molar refractivity (Wildman–Crippen MR) is 60.2 cm³/mol. The molecule has 0 atom stereocenters. The second kappa shape index (κ2) is 6.08. The molecule has 4 nitrogen and oxygen atoms in total. The molecule has 1 heterocycles. The monoisotopic (exact) mass is 231 g/mol. The topological polar surface area (TPSA) is 39.9 Å². The van der Waals surface area contributed by atoms with Gasteiger partial charge in [0.05, 0.1) is 0 Å². The summed E-state index contributed by atoms with van der Waals surface area (Å²) in [6.07, 6.45) is 0.936. The second-order valence-electron chi connectivity index (χ2n) is 3.68. The van der Waals surface area contributed by atoms with Crippen LogP contribution >= 0.6 is 11.6 Å². The van der Waals surface area contributed by atoms with Crippen molar-refractivity contribution in [1.29, 1.82) is 0 Å². The minimum atomic E-state index is 0.345. The van der Waals surface area contributed by atoms with Gasteiger partial charge in [-0.05, 0) is 24.9 Å². The Morgan fingerprint density at radius 2 is 2.13 bits per heavy atom. The first-order chi connectivity index (χ1) is 7.16. The zero-order valence-electron chi connectivity index (χ0n) is 9.53. The number of halogens is 1. The van der Waals surface area contributed by atoms with Gasteiger partial charge in [0.2, 0.25) is 5.28 Å². The van der Waals surface area contributed by atoms with Crippen LogP contribution in [0.2, 0.25) is 5.28 Å². The Balaban J connectivity index is 2.54. The van der Waals surface area contributed by atoms with Crippen molar-refractivity contribution in [2.75, 3.05) is 13.2 Å². The van der Waals surface area contributed by atoms with Crippen LogP contribution in [0.15, 0.2) is 0 Å². The normalized spacial score (nSPS) is 11.3. The molecule has 1 rings (SSSR count). The van der Waals surface area contributed by atoms with E-state index in [0.29, 0.717) is 11.2 Å². The first kappa shape index (κ1) is 12.5. The Morgan fingerprint density at radius 3 is 2.73 bits per heavy atom. The molecule has 0 amide bonds. The van der Waals surface area contributed by atoms with Gasteiger partial charge in [0.15, 0.2) is 0 Å². The lowest BCUT2D eigenvalue weighted by Gasteiger charge is -2.09. The maximum Gasteiger partial charge on any atom is 0.225 e. The third-order valence-electron chi connectivity index (χ3n) is 2.13. The molecule has 0 bridgehead atoms. The molecule has 15 heavy (non-hydrogen) atoms. The van der Waals surface area contributed by atoms with E-state index < -0.39 is 0 Å². The summed E-state index contributed by atoms with van der Waals surface area (Å²) in [5.74, 6) is 1.29. The van der Waals surface area contributed by atoms with Crippen molar-refractivity contribution in [3.63, 3.8) is 0 Å². The zero-order valence-corrected chi connectivity index (χ0v) is 10.3. The van der Waals surface area contributed by atoms with Crippen molar-refractivity contribution in [1.82, 2.24) is 14.8 Å². The largest absolute Gasteiger partial charge is 0.382 e. The third-order valence-corrected chi connectivity index (χ3v) is 2.40. The van der Waals surface area contributed by atoms with Crippen molar-refractivity contribution in [3.8, 4) is 0 Å². The van der Waals surface area contributed by atoms with Crippen LogP contribution in [-0.4, -0.2) is 28.0 Å².